The first-order chi connectivity index (χ1) is 12.7. The van der Waals surface area contributed by atoms with Crippen molar-refractivity contribution < 1.29 is 9.21 Å². The van der Waals surface area contributed by atoms with Crippen LogP contribution in [0.1, 0.15) is 42.9 Å². The number of imidazole rings is 1. The molecule has 0 aliphatic rings. The Morgan fingerprint density at radius 1 is 1.15 bits per heavy atom. The number of furan rings is 1. The number of benzene rings is 1. The van der Waals surface area contributed by atoms with Gasteiger partial charge in [-0.1, -0.05) is 26.0 Å². The Kier molecular flexibility index (Phi) is 5.73. The molecule has 1 N–H and O–H groups in total. The lowest BCUT2D eigenvalue weighted by Crippen LogP contribution is -2.24. The Hall–Kier alpha value is -2.60. The number of fused-ring (bicyclic) bond motifs is 1. The van der Waals surface area contributed by atoms with Crippen LogP contribution in [0, 0.1) is 0 Å². The molecule has 0 spiro atoms. The average Bonchev–Trinajstić information content (AvgIpc) is 3.28. The topological polar surface area (TPSA) is 63.3 Å². The van der Waals surface area contributed by atoms with E-state index in [1.54, 1.807) is 6.07 Å². The maximum absolute atomic E-state index is 12.4. The molecule has 138 valence electrons. The largest absolute Gasteiger partial charge is 0.455 e. The second-order valence-corrected chi connectivity index (χ2v) is 6.17. The summed E-state index contributed by atoms with van der Waals surface area (Å²) in [6.07, 6.45) is 0. The SMILES string of the molecule is CCN(CC)Cc1ccc(C(=O)NCc2nc3ccccc3n2CC)o1. The van der Waals surface area contributed by atoms with Crippen molar-refractivity contribution in [3.8, 4) is 0 Å². The van der Waals surface area contributed by atoms with Gasteiger partial charge in [0.1, 0.15) is 11.6 Å². The molecule has 6 heteroatoms. The molecule has 26 heavy (non-hydrogen) atoms. The van der Waals surface area contributed by atoms with Crippen LogP contribution < -0.4 is 5.32 Å². The predicted molar refractivity (Wildman–Crippen MR) is 102 cm³/mol. The monoisotopic (exact) mass is 354 g/mol. The lowest BCUT2D eigenvalue weighted by atomic mass is 10.3. The molecular formula is C20H26N4O2. The van der Waals surface area contributed by atoms with Crippen LogP contribution in [0.15, 0.2) is 40.8 Å². The van der Waals surface area contributed by atoms with Gasteiger partial charge >= 0.3 is 0 Å². The fourth-order valence-electron chi connectivity index (χ4n) is 3.11. The summed E-state index contributed by atoms with van der Waals surface area (Å²) < 4.78 is 7.82. The molecule has 3 rings (SSSR count). The molecule has 0 fully saturated rings. The van der Waals surface area contributed by atoms with E-state index in [1.807, 2.05) is 30.3 Å². The van der Waals surface area contributed by atoms with Crippen LogP contribution in [0.25, 0.3) is 11.0 Å². The molecular weight excluding hydrogens is 328 g/mol. The Balaban J connectivity index is 1.67. The normalized spacial score (nSPS) is 11.4. The molecule has 0 unspecified atom stereocenters. The molecule has 0 atom stereocenters. The zero-order valence-electron chi connectivity index (χ0n) is 15.7. The van der Waals surface area contributed by atoms with Crippen molar-refractivity contribution >= 4 is 16.9 Å². The quantitative estimate of drug-likeness (QED) is 0.673. The van der Waals surface area contributed by atoms with Crippen molar-refractivity contribution in [1.29, 1.82) is 0 Å². The van der Waals surface area contributed by atoms with Gasteiger partial charge in [-0.25, -0.2) is 4.98 Å². The predicted octanol–water partition coefficient (Wildman–Crippen LogP) is 3.42. The van der Waals surface area contributed by atoms with E-state index < -0.39 is 0 Å². The zero-order valence-corrected chi connectivity index (χ0v) is 15.7. The molecule has 3 aromatic rings. The summed E-state index contributed by atoms with van der Waals surface area (Å²) >= 11 is 0. The second kappa shape index (κ2) is 8.19. The van der Waals surface area contributed by atoms with E-state index >= 15 is 0 Å². The van der Waals surface area contributed by atoms with E-state index in [2.05, 4.69) is 40.5 Å². The van der Waals surface area contributed by atoms with Crippen LogP contribution in [0.3, 0.4) is 0 Å². The smallest absolute Gasteiger partial charge is 0.287 e. The third kappa shape index (κ3) is 3.80. The molecule has 0 saturated carbocycles. The number of carbonyl (C=O) groups is 1. The highest BCUT2D eigenvalue weighted by molar-refractivity contribution is 5.91. The van der Waals surface area contributed by atoms with Crippen molar-refractivity contribution in [2.75, 3.05) is 13.1 Å². The van der Waals surface area contributed by atoms with Gasteiger partial charge < -0.3 is 14.3 Å². The maximum Gasteiger partial charge on any atom is 0.287 e. The van der Waals surface area contributed by atoms with E-state index in [1.165, 1.54) is 0 Å². The lowest BCUT2D eigenvalue weighted by molar-refractivity contribution is 0.0918. The Bertz CT molecular complexity index is 877. The van der Waals surface area contributed by atoms with Gasteiger partial charge in [0, 0.05) is 6.54 Å². The second-order valence-electron chi connectivity index (χ2n) is 6.17. The first-order valence-electron chi connectivity index (χ1n) is 9.19. The van der Waals surface area contributed by atoms with Gasteiger partial charge in [-0.3, -0.25) is 9.69 Å². The van der Waals surface area contributed by atoms with Crippen LogP contribution in [0.2, 0.25) is 0 Å². The van der Waals surface area contributed by atoms with Crippen LogP contribution in [0.4, 0.5) is 0 Å². The van der Waals surface area contributed by atoms with Gasteiger partial charge in [-0.15, -0.1) is 0 Å². The molecule has 0 aliphatic heterocycles. The summed E-state index contributed by atoms with van der Waals surface area (Å²) in [7, 11) is 0. The summed E-state index contributed by atoms with van der Waals surface area (Å²) in [5, 5.41) is 2.92. The maximum atomic E-state index is 12.4. The average molecular weight is 354 g/mol. The standard InChI is InChI=1S/C20H26N4O2/c1-4-23(5-2)14-15-11-12-18(26-15)20(25)21-13-19-22-16-9-7-8-10-17(16)24(19)6-3/h7-12H,4-6,13-14H2,1-3H3,(H,21,25). The third-order valence-electron chi connectivity index (χ3n) is 4.62. The van der Waals surface area contributed by atoms with Gasteiger partial charge in [0.05, 0.1) is 24.1 Å². The first-order valence-corrected chi connectivity index (χ1v) is 9.19. The Labute approximate surface area is 153 Å². The highest BCUT2D eigenvalue weighted by Gasteiger charge is 2.14. The van der Waals surface area contributed by atoms with Gasteiger partial charge in [-0.05, 0) is 44.3 Å². The molecule has 0 bridgehead atoms. The van der Waals surface area contributed by atoms with E-state index in [0.717, 1.165) is 42.3 Å². The highest BCUT2D eigenvalue weighted by atomic mass is 16.4. The lowest BCUT2D eigenvalue weighted by Gasteiger charge is -2.15. The summed E-state index contributed by atoms with van der Waals surface area (Å²) in [5.74, 6) is 1.77. The molecule has 0 saturated heterocycles. The van der Waals surface area contributed by atoms with Gasteiger partial charge in [0.2, 0.25) is 0 Å². The molecule has 2 heterocycles. The van der Waals surface area contributed by atoms with E-state index in [-0.39, 0.29) is 5.91 Å². The van der Waals surface area contributed by atoms with Crippen LogP contribution in [-0.4, -0.2) is 33.4 Å². The summed E-state index contributed by atoms with van der Waals surface area (Å²) in [4.78, 5) is 19.3. The number of hydrogen-bond acceptors (Lipinski definition) is 4. The third-order valence-corrected chi connectivity index (χ3v) is 4.62. The van der Waals surface area contributed by atoms with E-state index in [4.69, 9.17) is 4.42 Å². The van der Waals surface area contributed by atoms with E-state index in [0.29, 0.717) is 18.8 Å². The van der Waals surface area contributed by atoms with Crippen molar-refractivity contribution in [2.24, 2.45) is 0 Å². The minimum Gasteiger partial charge on any atom is -0.455 e. The van der Waals surface area contributed by atoms with Crippen molar-refractivity contribution in [3.63, 3.8) is 0 Å². The molecule has 0 radical (unpaired) electrons. The zero-order chi connectivity index (χ0) is 18.5. The number of nitrogens with one attached hydrogen (secondary N) is 1. The fourth-order valence-corrected chi connectivity index (χ4v) is 3.11. The number of aromatic nitrogens is 2. The van der Waals surface area contributed by atoms with Crippen molar-refractivity contribution in [3.05, 3.63) is 53.7 Å². The van der Waals surface area contributed by atoms with Crippen molar-refractivity contribution in [2.45, 2.75) is 40.4 Å². The van der Waals surface area contributed by atoms with Crippen LogP contribution in [0.5, 0.6) is 0 Å². The van der Waals surface area contributed by atoms with E-state index in [9.17, 15) is 4.79 Å². The van der Waals surface area contributed by atoms with Crippen LogP contribution >= 0.6 is 0 Å². The number of carbonyl (C=O) groups excluding carboxylic acids is 1. The van der Waals surface area contributed by atoms with Crippen molar-refractivity contribution in [1.82, 2.24) is 19.8 Å². The molecule has 6 nitrogen and oxygen atoms in total. The molecule has 1 aromatic carbocycles. The summed E-state index contributed by atoms with van der Waals surface area (Å²) in [6, 6.07) is 11.6. The number of aryl methyl sites for hydroxylation is 1. The van der Waals surface area contributed by atoms with Gasteiger partial charge in [0.15, 0.2) is 5.76 Å². The Morgan fingerprint density at radius 3 is 2.65 bits per heavy atom. The number of amides is 1. The fraction of sp³-hybridized carbons (Fsp3) is 0.400. The molecule has 0 aliphatic carbocycles. The molecule has 2 aromatic heterocycles. The minimum absolute atomic E-state index is 0.217. The number of rotatable bonds is 8. The number of nitrogens with zero attached hydrogens (tertiary/aromatic N) is 3. The highest BCUT2D eigenvalue weighted by Crippen LogP contribution is 2.16. The first kappa shape index (κ1) is 18.2. The summed E-state index contributed by atoms with van der Waals surface area (Å²) in [5.41, 5.74) is 2.02. The number of para-hydroxylation sites is 2. The minimum atomic E-state index is -0.217. The molecule has 1 amide bonds. The van der Waals surface area contributed by atoms with Gasteiger partial charge in [-0.2, -0.15) is 0 Å². The van der Waals surface area contributed by atoms with Gasteiger partial charge in [0.25, 0.3) is 5.91 Å². The summed E-state index contributed by atoms with van der Waals surface area (Å²) in [6.45, 7) is 10.1. The number of hydrogen-bond donors (Lipinski definition) is 1. The Morgan fingerprint density at radius 2 is 1.92 bits per heavy atom. The van der Waals surface area contributed by atoms with Crippen LogP contribution in [-0.2, 0) is 19.6 Å².